The summed E-state index contributed by atoms with van der Waals surface area (Å²) < 4.78 is 15.7. The van der Waals surface area contributed by atoms with Gasteiger partial charge in [-0.25, -0.2) is 9.59 Å². The lowest BCUT2D eigenvalue weighted by Crippen LogP contribution is -2.49. The molecule has 2 aromatic rings. The maximum Gasteiger partial charge on any atom is 0.338 e. The predicted octanol–water partition coefficient (Wildman–Crippen LogP) is 2.53. The molecule has 2 aliphatic rings. The first-order chi connectivity index (χ1) is 15.4. The highest BCUT2D eigenvalue weighted by Gasteiger charge is 2.42. The second-order valence-electron chi connectivity index (χ2n) is 7.43. The fourth-order valence-corrected chi connectivity index (χ4v) is 3.72. The van der Waals surface area contributed by atoms with Gasteiger partial charge in [0.1, 0.15) is 24.7 Å². The number of anilines is 1. The number of nitrogens with one attached hydrogen (secondary N) is 2. The van der Waals surface area contributed by atoms with Crippen LogP contribution in [0.25, 0.3) is 0 Å². The molecule has 166 valence electrons. The quantitative estimate of drug-likeness (QED) is 0.673. The Morgan fingerprint density at radius 2 is 1.91 bits per heavy atom. The number of carbonyl (C=O) groups is 3. The number of hydrogen-bond donors (Lipinski definition) is 2. The topological polar surface area (TPSA) is 106 Å². The Bertz CT molecular complexity index is 1110. The Morgan fingerprint density at radius 3 is 2.59 bits per heavy atom. The molecule has 0 radical (unpaired) electrons. The van der Waals surface area contributed by atoms with E-state index in [1.165, 1.54) is 19.1 Å². The van der Waals surface area contributed by atoms with Crippen molar-refractivity contribution in [1.82, 2.24) is 10.2 Å². The van der Waals surface area contributed by atoms with E-state index in [-0.39, 0.29) is 13.2 Å². The lowest BCUT2D eigenvalue weighted by Gasteiger charge is -2.32. The fourth-order valence-electron chi connectivity index (χ4n) is 3.72. The third-order valence-electron chi connectivity index (χ3n) is 5.39. The normalized spacial score (nSPS) is 17.5. The van der Waals surface area contributed by atoms with Crippen LogP contribution in [-0.2, 0) is 14.3 Å². The highest BCUT2D eigenvalue weighted by molar-refractivity contribution is 6.00. The molecule has 4 rings (SSSR count). The summed E-state index contributed by atoms with van der Waals surface area (Å²) in [5.74, 6) is 0.0322. The number of cyclic esters (lactones) is 1. The van der Waals surface area contributed by atoms with Gasteiger partial charge in [0.05, 0.1) is 37.2 Å². The van der Waals surface area contributed by atoms with E-state index in [0.717, 1.165) is 11.1 Å². The number of benzene rings is 2. The number of amides is 3. The van der Waals surface area contributed by atoms with Gasteiger partial charge in [-0.15, -0.1) is 0 Å². The van der Waals surface area contributed by atoms with Gasteiger partial charge >= 0.3 is 12.0 Å². The number of aryl methyl sites for hydroxylation is 1. The van der Waals surface area contributed by atoms with E-state index in [4.69, 9.17) is 14.2 Å². The summed E-state index contributed by atoms with van der Waals surface area (Å²) in [6, 6.07) is 11.4. The minimum atomic E-state index is -0.630. The molecular weight excluding hydrogens is 414 g/mol. The number of esters is 1. The van der Waals surface area contributed by atoms with Crippen molar-refractivity contribution in [3.05, 3.63) is 64.9 Å². The van der Waals surface area contributed by atoms with E-state index in [2.05, 4.69) is 10.6 Å². The van der Waals surface area contributed by atoms with Crippen molar-refractivity contribution in [3.8, 4) is 11.5 Å². The largest absolute Gasteiger partial charge is 0.497 e. The third kappa shape index (κ3) is 3.96. The summed E-state index contributed by atoms with van der Waals surface area (Å²) in [7, 11) is 3.01. The summed E-state index contributed by atoms with van der Waals surface area (Å²) in [6.45, 7) is 1.59. The van der Waals surface area contributed by atoms with Crippen LogP contribution in [0.5, 0.6) is 11.5 Å². The van der Waals surface area contributed by atoms with Crippen LogP contribution < -0.4 is 20.1 Å². The third-order valence-corrected chi connectivity index (χ3v) is 5.39. The molecule has 1 atom stereocenters. The Balaban J connectivity index is 1.57. The van der Waals surface area contributed by atoms with Crippen LogP contribution in [0.2, 0.25) is 0 Å². The molecule has 0 bridgehead atoms. The van der Waals surface area contributed by atoms with Crippen LogP contribution in [0.1, 0.15) is 17.2 Å². The zero-order chi connectivity index (χ0) is 22.8. The van der Waals surface area contributed by atoms with Gasteiger partial charge in [-0.05, 0) is 24.6 Å². The molecule has 0 saturated carbocycles. The maximum absolute atomic E-state index is 12.9. The molecule has 9 nitrogen and oxygen atoms in total. The highest BCUT2D eigenvalue weighted by Crippen LogP contribution is 2.35. The minimum Gasteiger partial charge on any atom is -0.497 e. The van der Waals surface area contributed by atoms with E-state index in [0.29, 0.717) is 28.5 Å². The number of urea groups is 1. The summed E-state index contributed by atoms with van der Waals surface area (Å²) in [5.41, 5.74) is 2.99. The van der Waals surface area contributed by atoms with Crippen molar-refractivity contribution in [2.24, 2.45) is 0 Å². The van der Waals surface area contributed by atoms with E-state index in [9.17, 15) is 14.4 Å². The molecule has 0 saturated heterocycles. The summed E-state index contributed by atoms with van der Waals surface area (Å²) in [4.78, 5) is 39.3. The smallest absolute Gasteiger partial charge is 0.338 e. The van der Waals surface area contributed by atoms with Crippen LogP contribution in [-0.4, -0.2) is 50.2 Å². The van der Waals surface area contributed by atoms with Gasteiger partial charge in [-0.3, -0.25) is 9.69 Å². The van der Waals surface area contributed by atoms with Gasteiger partial charge in [-0.2, -0.15) is 0 Å². The molecule has 32 heavy (non-hydrogen) atoms. The SMILES string of the molecule is COc1ccc(NC(=O)CN2C(=O)NC(c3ccc(C)cc3)C3=C2COC3=O)c(OC)c1. The Labute approximate surface area is 184 Å². The van der Waals surface area contributed by atoms with Gasteiger partial charge in [-0.1, -0.05) is 29.8 Å². The fraction of sp³-hybridized carbons (Fsp3) is 0.261. The van der Waals surface area contributed by atoms with Crippen LogP contribution in [0.3, 0.4) is 0 Å². The van der Waals surface area contributed by atoms with Gasteiger partial charge in [0.15, 0.2) is 0 Å². The molecule has 2 aromatic carbocycles. The highest BCUT2D eigenvalue weighted by atomic mass is 16.5. The Kier molecular flexibility index (Phi) is 5.72. The van der Waals surface area contributed by atoms with Crippen molar-refractivity contribution in [1.29, 1.82) is 0 Å². The average Bonchev–Trinajstić information content (AvgIpc) is 3.18. The molecule has 0 aromatic heterocycles. The molecule has 2 heterocycles. The number of carbonyl (C=O) groups excluding carboxylic acids is 3. The molecule has 0 fully saturated rings. The first-order valence-electron chi connectivity index (χ1n) is 9.98. The maximum atomic E-state index is 12.9. The monoisotopic (exact) mass is 437 g/mol. The first-order valence-corrected chi connectivity index (χ1v) is 9.98. The number of methoxy groups -OCH3 is 2. The zero-order valence-corrected chi connectivity index (χ0v) is 17.9. The van der Waals surface area contributed by atoms with Crippen molar-refractivity contribution < 1.29 is 28.6 Å². The predicted molar refractivity (Wildman–Crippen MR) is 115 cm³/mol. The minimum absolute atomic E-state index is 0.0664. The summed E-state index contributed by atoms with van der Waals surface area (Å²) in [6.07, 6.45) is 0. The number of hydrogen-bond acceptors (Lipinski definition) is 6. The molecule has 2 N–H and O–H groups in total. The van der Waals surface area contributed by atoms with Crippen molar-refractivity contribution >= 4 is 23.6 Å². The van der Waals surface area contributed by atoms with E-state index >= 15 is 0 Å². The molecule has 0 aliphatic carbocycles. The number of rotatable bonds is 6. The van der Waals surface area contributed by atoms with Crippen LogP contribution in [0, 0.1) is 6.92 Å². The van der Waals surface area contributed by atoms with Crippen LogP contribution >= 0.6 is 0 Å². The Morgan fingerprint density at radius 1 is 1.16 bits per heavy atom. The Hall–Kier alpha value is -4.01. The van der Waals surface area contributed by atoms with E-state index in [1.54, 1.807) is 18.2 Å². The van der Waals surface area contributed by atoms with Gasteiger partial charge in [0.2, 0.25) is 5.91 Å². The van der Waals surface area contributed by atoms with Gasteiger partial charge in [0, 0.05) is 6.07 Å². The van der Waals surface area contributed by atoms with Crippen molar-refractivity contribution in [3.63, 3.8) is 0 Å². The zero-order valence-electron chi connectivity index (χ0n) is 17.9. The van der Waals surface area contributed by atoms with Crippen molar-refractivity contribution in [2.45, 2.75) is 13.0 Å². The van der Waals surface area contributed by atoms with Crippen molar-refractivity contribution in [2.75, 3.05) is 32.7 Å². The molecule has 0 spiro atoms. The summed E-state index contributed by atoms with van der Waals surface area (Å²) in [5, 5.41) is 5.55. The van der Waals surface area contributed by atoms with E-state index in [1.807, 2.05) is 31.2 Å². The number of nitrogens with zero attached hydrogens (tertiary/aromatic N) is 1. The molecule has 9 heteroatoms. The van der Waals surface area contributed by atoms with Gasteiger partial charge in [0.25, 0.3) is 0 Å². The molecule has 2 aliphatic heterocycles. The summed E-state index contributed by atoms with van der Waals surface area (Å²) >= 11 is 0. The lowest BCUT2D eigenvalue weighted by molar-refractivity contribution is -0.136. The lowest BCUT2D eigenvalue weighted by atomic mass is 9.95. The first kappa shape index (κ1) is 21.2. The average molecular weight is 437 g/mol. The number of ether oxygens (including phenoxy) is 3. The van der Waals surface area contributed by atoms with Crippen LogP contribution in [0.15, 0.2) is 53.7 Å². The van der Waals surface area contributed by atoms with Gasteiger partial charge < -0.3 is 24.8 Å². The standard InChI is InChI=1S/C23H23N3O6/c1-13-4-6-14(7-5-13)21-20-17(12-32-22(20)28)26(23(29)25-21)11-19(27)24-16-9-8-15(30-2)10-18(16)31-3/h4-10,21H,11-12H2,1-3H3,(H,24,27)(H,25,29). The molecular formula is C23H23N3O6. The van der Waals surface area contributed by atoms with E-state index < -0.39 is 23.9 Å². The molecule has 1 unspecified atom stereocenters. The second kappa shape index (κ2) is 8.62. The molecule has 3 amide bonds. The van der Waals surface area contributed by atoms with Crippen LogP contribution in [0.4, 0.5) is 10.5 Å². The second-order valence-corrected chi connectivity index (χ2v) is 7.43.